The molecule has 1 rings (SSSR count). The third kappa shape index (κ3) is 3.76. The predicted octanol–water partition coefficient (Wildman–Crippen LogP) is 3.81. The number of rotatable bonds is 4. The Morgan fingerprint density at radius 1 is 1.60 bits per heavy atom. The summed E-state index contributed by atoms with van der Waals surface area (Å²) in [6.45, 7) is 8.38. The van der Waals surface area contributed by atoms with E-state index < -0.39 is 0 Å². The molecular weight excluding hydrogens is 257 g/mol. The highest BCUT2D eigenvalue weighted by molar-refractivity contribution is 9.10. The van der Waals surface area contributed by atoms with Crippen molar-refractivity contribution in [2.24, 2.45) is 0 Å². The molecule has 0 saturated heterocycles. The van der Waals surface area contributed by atoms with Crippen LogP contribution in [-0.4, -0.2) is 6.54 Å². The normalized spacial score (nSPS) is 12.5. The van der Waals surface area contributed by atoms with Crippen molar-refractivity contribution in [3.05, 3.63) is 46.2 Å². The van der Waals surface area contributed by atoms with E-state index >= 15 is 0 Å². The molecule has 1 aromatic carbocycles. The Morgan fingerprint density at radius 3 is 2.87 bits per heavy atom. The molecule has 0 bridgehead atoms. The largest absolute Gasteiger partial charge is 0.306 e. The first kappa shape index (κ1) is 12.4. The second-order valence-electron chi connectivity index (χ2n) is 3.73. The number of hydrogen-bond donors (Lipinski definition) is 1. The van der Waals surface area contributed by atoms with Crippen LogP contribution in [0.1, 0.15) is 25.5 Å². The lowest BCUT2D eigenvalue weighted by molar-refractivity contribution is 0.545. The van der Waals surface area contributed by atoms with Crippen LogP contribution in [-0.2, 0) is 0 Å². The fourth-order valence-corrected chi connectivity index (χ4v) is 1.66. The van der Waals surface area contributed by atoms with Crippen molar-refractivity contribution in [1.82, 2.24) is 5.32 Å². The SMILES string of the molecule is C=C(C)CNC(C)c1cc(Br)ccc1F. The predicted molar refractivity (Wildman–Crippen MR) is 65.3 cm³/mol. The van der Waals surface area contributed by atoms with Gasteiger partial charge in [-0.3, -0.25) is 0 Å². The summed E-state index contributed by atoms with van der Waals surface area (Å²) in [6.07, 6.45) is 0. The molecule has 0 saturated carbocycles. The minimum atomic E-state index is -0.181. The quantitative estimate of drug-likeness (QED) is 0.822. The molecule has 0 aliphatic carbocycles. The first-order chi connectivity index (χ1) is 7.00. The van der Waals surface area contributed by atoms with Crippen molar-refractivity contribution in [2.75, 3.05) is 6.54 Å². The Labute approximate surface area is 98.5 Å². The fourth-order valence-electron chi connectivity index (χ4n) is 1.28. The molecule has 0 amide bonds. The zero-order valence-corrected chi connectivity index (χ0v) is 10.6. The lowest BCUT2D eigenvalue weighted by Gasteiger charge is -2.15. The lowest BCUT2D eigenvalue weighted by Crippen LogP contribution is -2.21. The van der Waals surface area contributed by atoms with Crippen LogP contribution in [0.3, 0.4) is 0 Å². The van der Waals surface area contributed by atoms with Gasteiger partial charge in [0.25, 0.3) is 0 Å². The molecule has 3 heteroatoms. The van der Waals surface area contributed by atoms with Gasteiger partial charge in [0.15, 0.2) is 0 Å². The van der Waals surface area contributed by atoms with Gasteiger partial charge < -0.3 is 5.32 Å². The molecule has 1 atom stereocenters. The number of halogens is 2. The zero-order valence-electron chi connectivity index (χ0n) is 8.98. The monoisotopic (exact) mass is 271 g/mol. The van der Waals surface area contributed by atoms with Gasteiger partial charge in [-0.05, 0) is 32.0 Å². The van der Waals surface area contributed by atoms with Crippen molar-refractivity contribution in [1.29, 1.82) is 0 Å². The molecule has 0 heterocycles. The molecule has 1 aromatic rings. The first-order valence-electron chi connectivity index (χ1n) is 4.83. The summed E-state index contributed by atoms with van der Waals surface area (Å²) >= 11 is 3.33. The van der Waals surface area contributed by atoms with Crippen LogP contribution in [0.5, 0.6) is 0 Å². The average molecular weight is 272 g/mol. The van der Waals surface area contributed by atoms with Crippen molar-refractivity contribution in [3.63, 3.8) is 0 Å². The average Bonchev–Trinajstić information content (AvgIpc) is 2.18. The van der Waals surface area contributed by atoms with Crippen LogP contribution in [0, 0.1) is 5.82 Å². The van der Waals surface area contributed by atoms with Crippen molar-refractivity contribution in [2.45, 2.75) is 19.9 Å². The highest BCUT2D eigenvalue weighted by atomic mass is 79.9. The molecule has 15 heavy (non-hydrogen) atoms. The molecule has 0 spiro atoms. The van der Waals surface area contributed by atoms with Crippen LogP contribution in [0.25, 0.3) is 0 Å². The topological polar surface area (TPSA) is 12.0 Å². The number of benzene rings is 1. The van der Waals surface area contributed by atoms with Gasteiger partial charge in [-0.1, -0.05) is 28.1 Å². The van der Waals surface area contributed by atoms with E-state index in [1.807, 2.05) is 13.8 Å². The lowest BCUT2D eigenvalue weighted by atomic mass is 10.1. The molecule has 0 fully saturated rings. The van der Waals surface area contributed by atoms with Gasteiger partial charge in [-0.25, -0.2) is 4.39 Å². The zero-order chi connectivity index (χ0) is 11.4. The first-order valence-corrected chi connectivity index (χ1v) is 5.62. The second-order valence-corrected chi connectivity index (χ2v) is 4.64. The number of nitrogens with one attached hydrogen (secondary N) is 1. The maximum Gasteiger partial charge on any atom is 0.128 e. The van der Waals surface area contributed by atoms with Gasteiger partial charge in [0, 0.05) is 22.6 Å². The summed E-state index contributed by atoms with van der Waals surface area (Å²) in [6, 6.07) is 4.95. The van der Waals surface area contributed by atoms with E-state index in [4.69, 9.17) is 0 Å². The van der Waals surface area contributed by atoms with E-state index in [1.54, 1.807) is 12.1 Å². The van der Waals surface area contributed by atoms with E-state index in [-0.39, 0.29) is 11.9 Å². The fraction of sp³-hybridized carbons (Fsp3) is 0.333. The standard InChI is InChI=1S/C12H15BrFN/c1-8(2)7-15-9(3)11-6-10(13)4-5-12(11)14/h4-6,9,15H,1,7H2,2-3H3. The van der Waals surface area contributed by atoms with Gasteiger partial charge >= 0.3 is 0 Å². The summed E-state index contributed by atoms with van der Waals surface area (Å²) in [5.74, 6) is -0.181. The van der Waals surface area contributed by atoms with Gasteiger partial charge in [-0.15, -0.1) is 0 Å². The minimum Gasteiger partial charge on any atom is -0.306 e. The van der Waals surface area contributed by atoms with E-state index in [0.717, 1.165) is 10.0 Å². The molecule has 0 radical (unpaired) electrons. The van der Waals surface area contributed by atoms with E-state index in [9.17, 15) is 4.39 Å². The highest BCUT2D eigenvalue weighted by Crippen LogP contribution is 2.21. The summed E-state index contributed by atoms with van der Waals surface area (Å²) in [5.41, 5.74) is 1.71. The molecule has 1 N–H and O–H groups in total. The third-order valence-electron chi connectivity index (χ3n) is 2.13. The Hall–Kier alpha value is -0.670. The summed E-state index contributed by atoms with van der Waals surface area (Å²) in [5, 5.41) is 3.21. The Bertz CT molecular complexity index is 363. The van der Waals surface area contributed by atoms with Crippen molar-refractivity contribution in [3.8, 4) is 0 Å². The van der Waals surface area contributed by atoms with Crippen LogP contribution in [0.2, 0.25) is 0 Å². The molecule has 0 aliphatic rings. The smallest absolute Gasteiger partial charge is 0.128 e. The van der Waals surface area contributed by atoms with Gasteiger partial charge in [0.2, 0.25) is 0 Å². The van der Waals surface area contributed by atoms with Crippen LogP contribution >= 0.6 is 15.9 Å². The van der Waals surface area contributed by atoms with E-state index in [1.165, 1.54) is 6.07 Å². The van der Waals surface area contributed by atoms with Crippen molar-refractivity contribution < 1.29 is 4.39 Å². The van der Waals surface area contributed by atoms with Crippen LogP contribution in [0.4, 0.5) is 4.39 Å². The van der Waals surface area contributed by atoms with E-state index in [2.05, 4.69) is 27.8 Å². The minimum absolute atomic E-state index is 0.0146. The maximum absolute atomic E-state index is 13.5. The third-order valence-corrected chi connectivity index (χ3v) is 2.63. The van der Waals surface area contributed by atoms with Gasteiger partial charge in [0.05, 0.1) is 0 Å². The maximum atomic E-state index is 13.5. The Morgan fingerprint density at radius 2 is 2.27 bits per heavy atom. The Balaban J connectivity index is 2.76. The van der Waals surface area contributed by atoms with Crippen LogP contribution < -0.4 is 5.32 Å². The van der Waals surface area contributed by atoms with E-state index in [0.29, 0.717) is 12.1 Å². The molecule has 82 valence electrons. The number of hydrogen-bond acceptors (Lipinski definition) is 1. The highest BCUT2D eigenvalue weighted by Gasteiger charge is 2.10. The van der Waals surface area contributed by atoms with Crippen molar-refractivity contribution >= 4 is 15.9 Å². The van der Waals surface area contributed by atoms with Crippen LogP contribution in [0.15, 0.2) is 34.8 Å². The molecule has 1 nitrogen and oxygen atoms in total. The van der Waals surface area contributed by atoms with Gasteiger partial charge in [-0.2, -0.15) is 0 Å². The summed E-state index contributed by atoms with van der Waals surface area (Å²) < 4.78 is 14.4. The summed E-state index contributed by atoms with van der Waals surface area (Å²) in [4.78, 5) is 0. The molecule has 0 aromatic heterocycles. The second kappa shape index (κ2) is 5.42. The molecule has 1 unspecified atom stereocenters. The molecule has 0 aliphatic heterocycles. The molecular formula is C12H15BrFN. The Kier molecular flexibility index (Phi) is 4.48. The summed E-state index contributed by atoms with van der Waals surface area (Å²) in [7, 11) is 0. The van der Waals surface area contributed by atoms with Gasteiger partial charge in [0.1, 0.15) is 5.82 Å².